The maximum absolute atomic E-state index is 13.3. The second-order valence-corrected chi connectivity index (χ2v) is 6.34. The topological polar surface area (TPSA) is 41.6 Å². The molecule has 1 aliphatic heterocycles. The van der Waals surface area contributed by atoms with Crippen LogP contribution in [0.1, 0.15) is 22.0 Å². The van der Waals surface area contributed by atoms with Gasteiger partial charge in [0.25, 0.3) is 5.91 Å². The summed E-state index contributed by atoms with van der Waals surface area (Å²) in [5, 5.41) is 6.88. The van der Waals surface area contributed by atoms with Crippen molar-refractivity contribution in [3.63, 3.8) is 0 Å². The first-order valence-corrected chi connectivity index (χ1v) is 8.66. The van der Waals surface area contributed by atoms with Gasteiger partial charge < -0.3 is 10.1 Å². The van der Waals surface area contributed by atoms with Crippen LogP contribution < -0.4 is 5.32 Å². The van der Waals surface area contributed by atoms with E-state index in [0.717, 1.165) is 30.8 Å². The lowest BCUT2D eigenvalue weighted by atomic mass is 10.1. The maximum atomic E-state index is 13.3. The fourth-order valence-corrected chi connectivity index (χ4v) is 3.45. The Labute approximate surface area is 143 Å². The number of hydrogen-bond donors (Lipinski definition) is 1. The standard InChI is InChI=1S/C17H18F2N2O2S/c18-14-2-1-12(9-15(14)19)17(22)20-10-16(13-3-8-24-11-13)21-4-6-23-7-5-21/h1-3,8-9,11,16H,4-7,10H2,(H,20,22). The minimum Gasteiger partial charge on any atom is -0.379 e. The third-order valence-electron chi connectivity index (χ3n) is 4.05. The molecule has 1 unspecified atom stereocenters. The lowest BCUT2D eigenvalue weighted by Gasteiger charge is -2.34. The molecule has 7 heteroatoms. The summed E-state index contributed by atoms with van der Waals surface area (Å²) in [5.74, 6) is -2.40. The first kappa shape index (κ1) is 17.0. The molecular formula is C17H18F2N2O2S. The molecule has 1 N–H and O–H groups in total. The monoisotopic (exact) mass is 352 g/mol. The zero-order valence-corrected chi connectivity index (χ0v) is 13.8. The number of nitrogens with zero attached hydrogens (tertiary/aromatic N) is 1. The number of carbonyl (C=O) groups is 1. The van der Waals surface area contributed by atoms with E-state index in [-0.39, 0.29) is 11.6 Å². The molecule has 0 spiro atoms. The highest BCUT2D eigenvalue weighted by Crippen LogP contribution is 2.23. The van der Waals surface area contributed by atoms with E-state index in [1.165, 1.54) is 6.07 Å². The van der Waals surface area contributed by atoms with Gasteiger partial charge in [-0.2, -0.15) is 11.3 Å². The molecule has 1 saturated heterocycles. The minimum atomic E-state index is -1.02. The summed E-state index contributed by atoms with van der Waals surface area (Å²) in [6, 6.07) is 5.23. The average Bonchev–Trinajstić information content (AvgIpc) is 3.12. The lowest BCUT2D eigenvalue weighted by Crippen LogP contribution is -2.43. The normalized spacial score (nSPS) is 16.8. The summed E-state index contributed by atoms with van der Waals surface area (Å²) in [6.07, 6.45) is 0. The van der Waals surface area contributed by atoms with Gasteiger partial charge in [0.1, 0.15) is 0 Å². The molecule has 3 rings (SSSR count). The van der Waals surface area contributed by atoms with Crippen molar-refractivity contribution < 1.29 is 18.3 Å². The Bertz CT molecular complexity index is 688. The van der Waals surface area contributed by atoms with Gasteiger partial charge in [0.05, 0.1) is 19.3 Å². The molecule has 0 saturated carbocycles. The van der Waals surface area contributed by atoms with E-state index in [1.54, 1.807) is 11.3 Å². The van der Waals surface area contributed by atoms with Crippen molar-refractivity contribution in [3.05, 3.63) is 57.8 Å². The summed E-state index contributed by atoms with van der Waals surface area (Å²) >= 11 is 1.60. The van der Waals surface area contributed by atoms with Crippen LogP contribution in [0.4, 0.5) is 8.78 Å². The Morgan fingerprint density at radius 2 is 2.04 bits per heavy atom. The Hall–Kier alpha value is -1.83. The first-order chi connectivity index (χ1) is 11.6. The number of hydrogen-bond acceptors (Lipinski definition) is 4. The molecule has 1 aliphatic rings. The number of amides is 1. The fraction of sp³-hybridized carbons (Fsp3) is 0.353. The molecule has 0 radical (unpaired) electrons. The van der Waals surface area contributed by atoms with Crippen LogP contribution >= 0.6 is 11.3 Å². The van der Waals surface area contributed by atoms with E-state index in [0.29, 0.717) is 19.8 Å². The van der Waals surface area contributed by atoms with E-state index in [2.05, 4.69) is 15.6 Å². The first-order valence-electron chi connectivity index (χ1n) is 7.72. The number of carbonyl (C=O) groups excluding carboxylic acids is 1. The quantitative estimate of drug-likeness (QED) is 0.900. The molecule has 2 aromatic rings. The average molecular weight is 352 g/mol. The highest BCUT2D eigenvalue weighted by molar-refractivity contribution is 7.07. The molecule has 0 bridgehead atoms. The van der Waals surface area contributed by atoms with Gasteiger partial charge in [-0.3, -0.25) is 9.69 Å². The predicted octanol–water partition coefficient (Wildman–Crippen LogP) is 2.83. The second kappa shape index (κ2) is 7.83. The molecule has 128 valence electrons. The minimum absolute atomic E-state index is 0.0365. The number of ether oxygens (including phenoxy) is 1. The largest absolute Gasteiger partial charge is 0.379 e. The van der Waals surface area contributed by atoms with Gasteiger partial charge in [0, 0.05) is 25.2 Å². The Kier molecular flexibility index (Phi) is 5.55. The molecule has 2 heterocycles. The van der Waals surface area contributed by atoms with Gasteiger partial charge in [-0.25, -0.2) is 8.78 Å². The van der Waals surface area contributed by atoms with Crippen molar-refractivity contribution in [1.29, 1.82) is 0 Å². The van der Waals surface area contributed by atoms with Gasteiger partial charge in [0.15, 0.2) is 11.6 Å². The zero-order valence-electron chi connectivity index (χ0n) is 13.0. The van der Waals surface area contributed by atoms with Crippen molar-refractivity contribution in [2.75, 3.05) is 32.8 Å². The maximum Gasteiger partial charge on any atom is 0.251 e. The second-order valence-electron chi connectivity index (χ2n) is 5.56. The Balaban J connectivity index is 1.68. The molecule has 4 nitrogen and oxygen atoms in total. The molecule has 1 aromatic carbocycles. The van der Waals surface area contributed by atoms with Crippen LogP contribution in [0.5, 0.6) is 0 Å². The van der Waals surface area contributed by atoms with Crippen LogP contribution in [-0.4, -0.2) is 43.7 Å². The number of morpholine rings is 1. The third kappa shape index (κ3) is 3.98. The van der Waals surface area contributed by atoms with Crippen LogP contribution in [0.3, 0.4) is 0 Å². The highest BCUT2D eigenvalue weighted by Gasteiger charge is 2.23. The number of halogens is 2. The van der Waals surface area contributed by atoms with Crippen molar-refractivity contribution in [2.24, 2.45) is 0 Å². The summed E-state index contributed by atoms with van der Waals surface area (Å²) in [6.45, 7) is 3.31. The van der Waals surface area contributed by atoms with Crippen molar-refractivity contribution in [1.82, 2.24) is 10.2 Å². The number of nitrogens with one attached hydrogen (secondary N) is 1. The smallest absolute Gasteiger partial charge is 0.251 e. The zero-order chi connectivity index (χ0) is 16.9. The molecule has 1 amide bonds. The summed E-state index contributed by atoms with van der Waals surface area (Å²) in [5.41, 5.74) is 1.24. The Morgan fingerprint density at radius 1 is 1.25 bits per heavy atom. The Morgan fingerprint density at radius 3 is 2.71 bits per heavy atom. The molecule has 1 fully saturated rings. The summed E-state index contributed by atoms with van der Waals surface area (Å²) in [4.78, 5) is 14.5. The highest BCUT2D eigenvalue weighted by atomic mass is 32.1. The number of thiophene rings is 1. The summed E-state index contributed by atoms with van der Waals surface area (Å²) < 4.78 is 31.6. The molecule has 1 aromatic heterocycles. The van der Waals surface area contributed by atoms with E-state index >= 15 is 0 Å². The molecule has 1 atom stereocenters. The molecule has 24 heavy (non-hydrogen) atoms. The van der Waals surface area contributed by atoms with Gasteiger partial charge >= 0.3 is 0 Å². The van der Waals surface area contributed by atoms with Crippen molar-refractivity contribution in [3.8, 4) is 0 Å². The van der Waals surface area contributed by atoms with Crippen LogP contribution in [0, 0.1) is 11.6 Å². The number of benzene rings is 1. The van der Waals surface area contributed by atoms with Gasteiger partial charge in [-0.15, -0.1) is 0 Å². The fourth-order valence-electron chi connectivity index (χ4n) is 2.74. The van der Waals surface area contributed by atoms with E-state index in [4.69, 9.17) is 4.74 Å². The van der Waals surface area contributed by atoms with Gasteiger partial charge in [-0.05, 0) is 40.6 Å². The lowest BCUT2D eigenvalue weighted by molar-refractivity contribution is 0.0163. The third-order valence-corrected chi connectivity index (χ3v) is 4.75. The SMILES string of the molecule is O=C(NCC(c1ccsc1)N1CCOCC1)c1ccc(F)c(F)c1. The van der Waals surface area contributed by atoms with E-state index < -0.39 is 17.5 Å². The van der Waals surface area contributed by atoms with E-state index in [1.807, 2.05) is 11.4 Å². The van der Waals surface area contributed by atoms with E-state index in [9.17, 15) is 13.6 Å². The number of rotatable bonds is 5. The predicted molar refractivity (Wildman–Crippen MR) is 88.1 cm³/mol. The molecule has 0 aliphatic carbocycles. The molecular weight excluding hydrogens is 334 g/mol. The van der Waals surface area contributed by atoms with Crippen LogP contribution in [-0.2, 0) is 4.74 Å². The van der Waals surface area contributed by atoms with Gasteiger partial charge in [0.2, 0.25) is 0 Å². The van der Waals surface area contributed by atoms with Crippen LogP contribution in [0.2, 0.25) is 0 Å². The van der Waals surface area contributed by atoms with Crippen molar-refractivity contribution >= 4 is 17.2 Å². The summed E-state index contributed by atoms with van der Waals surface area (Å²) in [7, 11) is 0. The van der Waals surface area contributed by atoms with Crippen molar-refractivity contribution in [2.45, 2.75) is 6.04 Å². The van der Waals surface area contributed by atoms with Crippen LogP contribution in [0.25, 0.3) is 0 Å². The van der Waals surface area contributed by atoms with Gasteiger partial charge in [-0.1, -0.05) is 0 Å². The van der Waals surface area contributed by atoms with Crippen LogP contribution in [0.15, 0.2) is 35.0 Å².